The monoisotopic (exact) mass is 310 g/mol. The van der Waals surface area contributed by atoms with Crippen molar-refractivity contribution >= 4 is 29.2 Å². The average molecular weight is 311 g/mol. The molecule has 1 fully saturated rings. The quantitative estimate of drug-likeness (QED) is 0.687. The van der Waals surface area contributed by atoms with Gasteiger partial charge < -0.3 is 15.4 Å². The lowest BCUT2D eigenvalue weighted by Gasteiger charge is -2.19. The highest BCUT2D eigenvalue weighted by atomic mass is 35.5. The van der Waals surface area contributed by atoms with Crippen LogP contribution in [0.1, 0.15) is 36.0 Å². The number of ether oxygens (including phenoxy) is 1. The van der Waals surface area contributed by atoms with E-state index in [2.05, 4.69) is 0 Å². The minimum atomic E-state index is -0.569. The molecule has 0 spiro atoms. The van der Waals surface area contributed by atoms with Gasteiger partial charge in [0.05, 0.1) is 16.3 Å². The number of hydrogen-bond donors (Lipinski definition) is 1. The number of benzene rings is 1. The van der Waals surface area contributed by atoms with Crippen LogP contribution in [-0.2, 0) is 9.53 Å². The van der Waals surface area contributed by atoms with E-state index in [4.69, 9.17) is 22.1 Å². The highest BCUT2D eigenvalue weighted by Crippen LogP contribution is 2.20. The Hall–Kier alpha value is -1.75. The van der Waals surface area contributed by atoms with Gasteiger partial charge >= 0.3 is 5.97 Å². The van der Waals surface area contributed by atoms with Crippen molar-refractivity contribution in [3.8, 4) is 0 Å². The summed E-state index contributed by atoms with van der Waals surface area (Å²) < 4.78 is 5.05. The number of nitrogen functional groups attached to an aromatic ring is 1. The zero-order chi connectivity index (χ0) is 15.2. The van der Waals surface area contributed by atoms with E-state index < -0.39 is 5.97 Å². The highest BCUT2D eigenvalue weighted by Gasteiger charge is 2.18. The molecule has 2 N–H and O–H groups in total. The van der Waals surface area contributed by atoms with Crippen LogP contribution in [0.3, 0.4) is 0 Å². The molecule has 21 heavy (non-hydrogen) atoms. The number of nitrogens with two attached hydrogens (primary N) is 1. The van der Waals surface area contributed by atoms with Gasteiger partial charge in [-0.05, 0) is 31.0 Å². The molecular formula is C15H19ClN2O3. The van der Waals surface area contributed by atoms with E-state index in [0.29, 0.717) is 10.7 Å². The van der Waals surface area contributed by atoms with Gasteiger partial charge in [0, 0.05) is 13.1 Å². The molecule has 0 bridgehead atoms. The first-order chi connectivity index (χ1) is 10.1. The molecule has 0 saturated carbocycles. The summed E-state index contributed by atoms with van der Waals surface area (Å²) in [4.78, 5) is 25.6. The normalized spacial score (nSPS) is 15.4. The minimum Gasteiger partial charge on any atom is -0.452 e. The van der Waals surface area contributed by atoms with Crippen molar-refractivity contribution in [1.29, 1.82) is 0 Å². The number of nitrogens with zero attached hydrogens (tertiary/aromatic N) is 1. The Labute approximate surface area is 129 Å². The molecule has 1 aromatic rings. The molecule has 0 radical (unpaired) electrons. The Bertz CT molecular complexity index is 526. The van der Waals surface area contributed by atoms with E-state index in [1.807, 2.05) is 0 Å². The summed E-state index contributed by atoms with van der Waals surface area (Å²) >= 11 is 5.85. The molecule has 5 nitrogen and oxygen atoms in total. The van der Waals surface area contributed by atoms with Crippen LogP contribution in [0.4, 0.5) is 5.69 Å². The highest BCUT2D eigenvalue weighted by molar-refractivity contribution is 6.33. The summed E-state index contributed by atoms with van der Waals surface area (Å²) in [6.07, 6.45) is 4.31. The topological polar surface area (TPSA) is 72.6 Å². The van der Waals surface area contributed by atoms with Crippen LogP contribution in [0.25, 0.3) is 0 Å². The van der Waals surface area contributed by atoms with Crippen molar-refractivity contribution < 1.29 is 14.3 Å². The van der Waals surface area contributed by atoms with Gasteiger partial charge in [0.2, 0.25) is 0 Å². The van der Waals surface area contributed by atoms with Crippen LogP contribution in [0.2, 0.25) is 5.02 Å². The second kappa shape index (κ2) is 7.31. The van der Waals surface area contributed by atoms with Gasteiger partial charge in [0.25, 0.3) is 5.91 Å². The fourth-order valence-electron chi connectivity index (χ4n) is 2.28. The van der Waals surface area contributed by atoms with Crippen molar-refractivity contribution in [3.63, 3.8) is 0 Å². The van der Waals surface area contributed by atoms with Crippen LogP contribution in [0, 0.1) is 0 Å². The molecule has 0 unspecified atom stereocenters. The molecule has 2 rings (SSSR count). The number of likely N-dealkylation sites (tertiary alicyclic amines) is 1. The number of esters is 1. The molecular weight excluding hydrogens is 292 g/mol. The molecule has 0 atom stereocenters. The number of anilines is 1. The molecule has 1 amide bonds. The van der Waals surface area contributed by atoms with E-state index in [9.17, 15) is 9.59 Å². The van der Waals surface area contributed by atoms with Crippen LogP contribution in [0.15, 0.2) is 18.2 Å². The van der Waals surface area contributed by atoms with Crippen molar-refractivity contribution in [1.82, 2.24) is 4.90 Å². The summed E-state index contributed by atoms with van der Waals surface area (Å²) in [5, 5.41) is 0.295. The number of halogens is 1. The van der Waals surface area contributed by atoms with E-state index in [1.54, 1.807) is 4.90 Å². The molecule has 1 aliphatic rings. The summed E-state index contributed by atoms with van der Waals surface area (Å²) in [6.45, 7) is 1.25. The Morgan fingerprint density at radius 2 is 1.86 bits per heavy atom. The Morgan fingerprint density at radius 1 is 1.19 bits per heavy atom. The molecule has 1 aliphatic heterocycles. The van der Waals surface area contributed by atoms with Crippen LogP contribution >= 0.6 is 11.6 Å². The van der Waals surface area contributed by atoms with E-state index >= 15 is 0 Å². The fraction of sp³-hybridized carbons (Fsp3) is 0.467. The molecule has 0 aliphatic carbocycles. The standard InChI is InChI=1S/C15H19ClN2O3/c16-12-9-11(5-6-13(12)17)15(20)21-10-14(19)18-7-3-1-2-4-8-18/h5-6,9H,1-4,7-8,10,17H2. The first kappa shape index (κ1) is 15.6. The van der Waals surface area contributed by atoms with Gasteiger partial charge in [-0.1, -0.05) is 24.4 Å². The smallest absolute Gasteiger partial charge is 0.338 e. The second-order valence-corrected chi connectivity index (χ2v) is 5.51. The lowest BCUT2D eigenvalue weighted by Crippen LogP contribution is -2.35. The Balaban J connectivity index is 1.87. The number of hydrogen-bond acceptors (Lipinski definition) is 4. The Kier molecular flexibility index (Phi) is 5.44. The minimum absolute atomic E-state index is 0.146. The maximum absolute atomic E-state index is 12.0. The third-order valence-electron chi connectivity index (χ3n) is 3.52. The van der Waals surface area contributed by atoms with Gasteiger partial charge in [0.15, 0.2) is 6.61 Å². The second-order valence-electron chi connectivity index (χ2n) is 5.11. The maximum Gasteiger partial charge on any atom is 0.338 e. The molecule has 6 heteroatoms. The Morgan fingerprint density at radius 3 is 2.48 bits per heavy atom. The number of amides is 1. The average Bonchev–Trinajstić information content (AvgIpc) is 2.76. The number of carbonyl (C=O) groups excluding carboxylic acids is 2. The van der Waals surface area contributed by atoms with Gasteiger partial charge in [-0.25, -0.2) is 4.79 Å². The fourth-order valence-corrected chi connectivity index (χ4v) is 2.46. The molecule has 1 saturated heterocycles. The number of carbonyl (C=O) groups is 2. The van der Waals surface area contributed by atoms with Gasteiger partial charge in [0.1, 0.15) is 0 Å². The van der Waals surface area contributed by atoms with Crippen LogP contribution in [-0.4, -0.2) is 36.5 Å². The first-order valence-electron chi connectivity index (χ1n) is 7.08. The third-order valence-corrected chi connectivity index (χ3v) is 3.85. The SMILES string of the molecule is Nc1ccc(C(=O)OCC(=O)N2CCCCCC2)cc1Cl. The summed E-state index contributed by atoms with van der Waals surface area (Å²) in [7, 11) is 0. The van der Waals surface area contributed by atoms with Crippen LogP contribution in [0.5, 0.6) is 0 Å². The van der Waals surface area contributed by atoms with Gasteiger partial charge in [-0.2, -0.15) is 0 Å². The van der Waals surface area contributed by atoms with E-state index in [0.717, 1.165) is 38.8 Å². The predicted octanol–water partition coefficient (Wildman–Crippen LogP) is 2.48. The van der Waals surface area contributed by atoms with Crippen molar-refractivity contribution in [3.05, 3.63) is 28.8 Å². The summed E-state index contributed by atoms with van der Waals surface area (Å²) in [6, 6.07) is 4.51. The molecule has 114 valence electrons. The number of rotatable bonds is 3. The van der Waals surface area contributed by atoms with Crippen molar-refractivity contribution in [2.75, 3.05) is 25.4 Å². The zero-order valence-electron chi connectivity index (χ0n) is 11.8. The molecule has 1 heterocycles. The van der Waals surface area contributed by atoms with E-state index in [1.165, 1.54) is 18.2 Å². The lowest BCUT2D eigenvalue weighted by molar-refractivity contribution is -0.134. The summed E-state index contributed by atoms with van der Waals surface area (Å²) in [5.74, 6) is -0.716. The van der Waals surface area contributed by atoms with Crippen LogP contribution < -0.4 is 5.73 Å². The maximum atomic E-state index is 12.0. The molecule has 1 aromatic carbocycles. The largest absolute Gasteiger partial charge is 0.452 e. The first-order valence-corrected chi connectivity index (χ1v) is 7.45. The predicted molar refractivity (Wildman–Crippen MR) is 81.2 cm³/mol. The van der Waals surface area contributed by atoms with Gasteiger partial charge in [-0.3, -0.25) is 4.79 Å². The summed E-state index contributed by atoms with van der Waals surface area (Å²) in [5.41, 5.74) is 6.27. The lowest BCUT2D eigenvalue weighted by atomic mass is 10.2. The van der Waals surface area contributed by atoms with Gasteiger partial charge in [-0.15, -0.1) is 0 Å². The van der Waals surface area contributed by atoms with Crippen molar-refractivity contribution in [2.45, 2.75) is 25.7 Å². The third kappa shape index (κ3) is 4.36. The molecule has 0 aromatic heterocycles. The van der Waals surface area contributed by atoms with E-state index in [-0.39, 0.29) is 18.1 Å². The zero-order valence-corrected chi connectivity index (χ0v) is 12.6. The van der Waals surface area contributed by atoms with Crippen molar-refractivity contribution in [2.24, 2.45) is 0 Å².